The quantitative estimate of drug-likeness (QED) is 0.543. The molecule has 0 aromatic rings. The molecule has 56 valence electrons. The van der Waals surface area contributed by atoms with Gasteiger partial charge in [-0.3, -0.25) is 4.79 Å². The number of rotatable bonds is 1. The van der Waals surface area contributed by atoms with Crippen molar-refractivity contribution in [3.63, 3.8) is 0 Å². The lowest BCUT2D eigenvalue weighted by atomic mass is 9.98. The van der Waals surface area contributed by atoms with Crippen molar-refractivity contribution in [2.75, 3.05) is 7.11 Å². The molecular weight excluding hydrogens is 128 g/mol. The summed E-state index contributed by atoms with van der Waals surface area (Å²) < 4.78 is 5.19. The van der Waals surface area contributed by atoms with E-state index in [2.05, 4.69) is 0 Å². The van der Waals surface area contributed by atoms with Gasteiger partial charge in [-0.25, -0.2) is 0 Å². The summed E-state index contributed by atoms with van der Waals surface area (Å²) >= 11 is 0. The molecule has 2 bridgehead atoms. The van der Waals surface area contributed by atoms with E-state index in [4.69, 9.17) is 4.74 Å². The van der Waals surface area contributed by atoms with Gasteiger partial charge in [-0.2, -0.15) is 0 Å². The first-order chi connectivity index (χ1) is 4.83. The molecule has 0 aliphatic heterocycles. The van der Waals surface area contributed by atoms with Gasteiger partial charge in [0.1, 0.15) is 5.78 Å². The van der Waals surface area contributed by atoms with Crippen molar-refractivity contribution >= 4 is 5.78 Å². The molecule has 0 heterocycles. The Hall–Kier alpha value is -0.370. The van der Waals surface area contributed by atoms with Crippen LogP contribution in [0.2, 0.25) is 0 Å². The van der Waals surface area contributed by atoms with Crippen LogP contribution < -0.4 is 0 Å². The molecule has 0 spiro atoms. The number of hydrogen-bond acceptors (Lipinski definition) is 2. The van der Waals surface area contributed by atoms with Crippen molar-refractivity contribution < 1.29 is 9.53 Å². The molecule has 0 unspecified atom stereocenters. The van der Waals surface area contributed by atoms with Gasteiger partial charge in [0.2, 0.25) is 0 Å². The largest absolute Gasteiger partial charge is 0.381 e. The number of methoxy groups -OCH3 is 1. The molecule has 0 saturated heterocycles. The molecule has 2 aliphatic rings. The maximum absolute atomic E-state index is 11.3. The summed E-state index contributed by atoms with van der Waals surface area (Å²) in [5, 5.41) is 0. The first-order valence-electron chi connectivity index (χ1n) is 3.89. The minimum atomic E-state index is 0.256. The fraction of sp³-hybridized carbons (Fsp3) is 0.875. The topological polar surface area (TPSA) is 26.3 Å². The Balaban J connectivity index is 2.16. The fourth-order valence-electron chi connectivity index (χ4n) is 2.28. The summed E-state index contributed by atoms with van der Waals surface area (Å²) in [5.41, 5.74) is 0. The minimum absolute atomic E-state index is 0.256. The van der Waals surface area contributed by atoms with Crippen LogP contribution in [0, 0.1) is 11.8 Å². The molecule has 0 radical (unpaired) electrons. The molecule has 2 fully saturated rings. The van der Waals surface area contributed by atoms with E-state index >= 15 is 0 Å². The summed E-state index contributed by atoms with van der Waals surface area (Å²) in [5.74, 6) is 1.08. The van der Waals surface area contributed by atoms with Gasteiger partial charge in [0.25, 0.3) is 0 Å². The Kier molecular flexibility index (Phi) is 1.31. The van der Waals surface area contributed by atoms with Gasteiger partial charge in [0.15, 0.2) is 0 Å². The third-order valence-corrected chi connectivity index (χ3v) is 2.86. The summed E-state index contributed by atoms with van der Waals surface area (Å²) in [7, 11) is 1.71. The summed E-state index contributed by atoms with van der Waals surface area (Å²) in [6.07, 6.45) is 3.43. The highest BCUT2D eigenvalue weighted by Gasteiger charge is 2.47. The summed E-state index contributed by atoms with van der Waals surface area (Å²) in [6, 6.07) is 0. The zero-order chi connectivity index (χ0) is 7.14. The highest BCUT2D eigenvalue weighted by Crippen LogP contribution is 2.42. The van der Waals surface area contributed by atoms with Crippen molar-refractivity contribution in [2.24, 2.45) is 11.8 Å². The maximum atomic E-state index is 11.3. The maximum Gasteiger partial charge on any atom is 0.141 e. The van der Waals surface area contributed by atoms with Crippen molar-refractivity contribution in [3.8, 4) is 0 Å². The van der Waals surface area contributed by atoms with E-state index in [9.17, 15) is 4.79 Å². The van der Waals surface area contributed by atoms with Gasteiger partial charge >= 0.3 is 0 Å². The van der Waals surface area contributed by atoms with Crippen LogP contribution in [0.3, 0.4) is 0 Å². The van der Waals surface area contributed by atoms with E-state index in [0.717, 1.165) is 19.3 Å². The van der Waals surface area contributed by atoms with E-state index in [1.54, 1.807) is 7.11 Å². The lowest BCUT2D eigenvalue weighted by Crippen LogP contribution is -2.19. The van der Waals surface area contributed by atoms with E-state index in [0.29, 0.717) is 11.7 Å². The molecule has 2 aliphatic carbocycles. The zero-order valence-electron chi connectivity index (χ0n) is 6.17. The van der Waals surface area contributed by atoms with E-state index in [-0.39, 0.29) is 12.0 Å². The van der Waals surface area contributed by atoms with E-state index in [1.807, 2.05) is 0 Å². The second-order valence-electron chi connectivity index (χ2n) is 3.29. The monoisotopic (exact) mass is 140 g/mol. The van der Waals surface area contributed by atoms with Crippen LogP contribution in [-0.2, 0) is 9.53 Å². The molecule has 2 heteroatoms. The SMILES string of the molecule is CO[C@@H]1C[C@H]2CC[C@@H]1C2=O. The Morgan fingerprint density at radius 2 is 2.30 bits per heavy atom. The highest BCUT2D eigenvalue weighted by molar-refractivity contribution is 5.88. The van der Waals surface area contributed by atoms with Crippen LogP contribution in [0.5, 0.6) is 0 Å². The van der Waals surface area contributed by atoms with Gasteiger partial charge in [0, 0.05) is 18.9 Å². The molecule has 0 aromatic carbocycles. The molecule has 2 rings (SSSR count). The molecular formula is C8H12O2. The minimum Gasteiger partial charge on any atom is -0.381 e. The smallest absolute Gasteiger partial charge is 0.141 e. The van der Waals surface area contributed by atoms with Gasteiger partial charge in [-0.15, -0.1) is 0 Å². The Morgan fingerprint density at radius 3 is 2.60 bits per heavy atom. The first kappa shape index (κ1) is 6.35. The molecule has 2 nitrogen and oxygen atoms in total. The Labute approximate surface area is 60.6 Å². The van der Waals surface area contributed by atoms with E-state index < -0.39 is 0 Å². The number of carbonyl (C=O) groups excluding carboxylic acids is 1. The molecule has 0 aromatic heterocycles. The second-order valence-corrected chi connectivity index (χ2v) is 3.29. The predicted octanol–water partition coefficient (Wildman–Crippen LogP) is 1.00. The zero-order valence-corrected chi connectivity index (χ0v) is 6.17. The highest BCUT2D eigenvalue weighted by atomic mass is 16.5. The second kappa shape index (κ2) is 2.06. The molecule has 0 N–H and O–H groups in total. The average Bonchev–Trinajstić information content (AvgIpc) is 2.46. The fourth-order valence-corrected chi connectivity index (χ4v) is 2.28. The van der Waals surface area contributed by atoms with Crippen molar-refractivity contribution in [2.45, 2.75) is 25.4 Å². The number of hydrogen-bond donors (Lipinski definition) is 0. The summed E-state index contributed by atoms with van der Waals surface area (Å²) in [6.45, 7) is 0. The van der Waals surface area contributed by atoms with Crippen LogP contribution in [0.25, 0.3) is 0 Å². The Bertz CT molecular complexity index is 165. The number of Topliss-reactive ketones (excluding diaryl/α,β-unsaturated/α-hetero) is 1. The summed E-state index contributed by atoms with van der Waals surface area (Å²) in [4.78, 5) is 11.3. The van der Waals surface area contributed by atoms with Gasteiger partial charge < -0.3 is 4.74 Å². The Morgan fingerprint density at radius 1 is 1.50 bits per heavy atom. The van der Waals surface area contributed by atoms with Gasteiger partial charge in [0.05, 0.1) is 6.10 Å². The molecule has 0 amide bonds. The number of fused-ring (bicyclic) bond motifs is 2. The molecule has 2 saturated carbocycles. The lowest BCUT2D eigenvalue weighted by Gasteiger charge is -2.17. The number of ketones is 1. The van der Waals surface area contributed by atoms with Crippen LogP contribution in [-0.4, -0.2) is 19.0 Å². The molecule has 10 heavy (non-hydrogen) atoms. The van der Waals surface area contributed by atoms with Crippen LogP contribution in [0.4, 0.5) is 0 Å². The van der Waals surface area contributed by atoms with Crippen LogP contribution in [0.15, 0.2) is 0 Å². The number of ether oxygens (including phenoxy) is 1. The van der Waals surface area contributed by atoms with Crippen molar-refractivity contribution in [3.05, 3.63) is 0 Å². The van der Waals surface area contributed by atoms with Gasteiger partial charge in [-0.1, -0.05) is 0 Å². The third-order valence-electron chi connectivity index (χ3n) is 2.86. The average molecular weight is 140 g/mol. The predicted molar refractivity (Wildman–Crippen MR) is 36.6 cm³/mol. The van der Waals surface area contributed by atoms with Gasteiger partial charge in [-0.05, 0) is 19.3 Å². The lowest BCUT2D eigenvalue weighted by molar-refractivity contribution is -0.122. The van der Waals surface area contributed by atoms with Crippen molar-refractivity contribution in [1.82, 2.24) is 0 Å². The normalized spacial score (nSPS) is 44.9. The van der Waals surface area contributed by atoms with Crippen LogP contribution in [0.1, 0.15) is 19.3 Å². The number of carbonyl (C=O) groups is 1. The van der Waals surface area contributed by atoms with Crippen LogP contribution >= 0.6 is 0 Å². The first-order valence-corrected chi connectivity index (χ1v) is 3.89. The molecule has 3 atom stereocenters. The van der Waals surface area contributed by atoms with E-state index in [1.165, 1.54) is 0 Å². The standard InChI is InChI=1S/C8H12O2/c1-10-7-4-5-2-3-6(7)8(5)9/h5-7H,2-4H2,1H3/t5-,6+,7-/m1/s1. The third kappa shape index (κ3) is 0.655. The van der Waals surface area contributed by atoms with Crippen molar-refractivity contribution in [1.29, 1.82) is 0 Å².